The predicted octanol–water partition coefficient (Wildman–Crippen LogP) is 4.59. The molecular formula is C15H17Br2N3. The van der Waals surface area contributed by atoms with Crippen molar-refractivity contribution in [1.82, 2.24) is 9.97 Å². The van der Waals surface area contributed by atoms with E-state index in [0.29, 0.717) is 0 Å². The first-order valence-corrected chi connectivity index (χ1v) is 8.20. The van der Waals surface area contributed by atoms with E-state index in [0.717, 1.165) is 45.5 Å². The molecule has 1 aromatic heterocycles. The molecule has 1 aromatic carbocycles. The Kier molecular flexibility index (Phi) is 5.54. The third-order valence-electron chi connectivity index (χ3n) is 3.00. The van der Waals surface area contributed by atoms with E-state index in [2.05, 4.69) is 60.1 Å². The van der Waals surface area contributed by atoms with Gasteiger partial charge in [0.2, 0.25) is 0 Å². The van der Waals surface area contributed by atoms with Crippen LogP contribution >= 0.6 is 31.9 Å². The van der Waals surface area contributed by atoms with Gasteiger partial charge in [-0.25, -0.2) is 9.97 Å². The van der Waals surface area contributed by atoms with E-state index < -0.39 is 0 Å². The van der Waals surface area contributed by atoms with Crippen LogP contribution in [0.15, 0.2) is 33.2 Å². The number of benzene rings is 1. The molecule has 0 aliphatic heterocycles. The lowest BCUT2D eigenvalue weighted by Gasteiger charge is -2.11. The van der Waals surface area contributed by atoms with Crippen molar-refractivity contribution in [2.24, 2.45) is 0 Å². The predicted molar refractivity (Wildman–Crippen MR) is 90.2 cm³/mol. The van der Waals surface area contributed by atoms with Crippen molar-refractivity contribution in [3.63, 3.8) is 0 Å². The molecule has 0 amide bonds. The SMILES string of the molecule is CCCc1nc(Cc2ccccc2Br)nc(NC)c1Br. The van der Waals surface area contributed by atoms with Gasteiger partial charge in [-0.3, -0.25) is 0 Å². The lowest BCUT2D eigenvalue weighted by molar-refractivity contribution is 0.835. The molecule has 1 heterocycles. The topological polar surface area (TPSA) is 37.8 Å². The maximum atomic E-state index is 4.69. The Morgan fingerprint density at radius 2 is 1.90 bits per heavy atom. The normalized spacial score (nSPS) is 10.6. The van der Waals surface area contributed by atoms with Gasteiger partial charge in [-0.1, -0.05) is 47.5 Å². The largest absolute Gasteiger partial charge is 0.372 e. The lowest BCUT2D eigenvalue weighted by atomic mass is 10.1. The van der Waals surface area contributed by atoms with Crippen LogP contribution in [0.2, 0.25) is 0 Å². The Labute approximate surface area is 136 Å². The highest BCUT2D eigenvalue weighted by Crippen LogP contribution is 2.26. The van der Waals surface area contributed by atoms with Crippen molar-refractivity contribution in [2.75, 3.05) is 12.4 Å². The summed E-state index contributed by atoms with van der Waals surface area (Å²) < 4.78 is 2.06. The van der Waals surface area contributed by atoms with Crippen LogP contribution in [-0.2, 0) is 12.8 Å². The summed E-state index contributed by atoms with van der Waals surface area (Å²) in [6.07, 6.45) is 2.73. The van der Waals surface area contributed by atoms with Crippen molar-refractivity contribution in [3.05, 3.63) is 50.3 Å². The minimum absolute atomic E-state index is 0.722. The van der Waals surface area contributed by atoms with Gasteiger partial charge < -0.3 is 5.32 Å². The first-order valence-electron chi connectivity index (χ1n) is 6.62. The summed E-state index contributed by atoms with van der Waals surface area (Å²) >= 11 is 7.15. The first kappa shape index (κ1) is 15.4. The summed E-state index contributed by atoms with van der Waals surface area (Å²) in [6.45, 7) is 2.15. The van der Waals surface area contributed by atoms with Gasteiger partial charge >= 0.3 is 0 Å². The molecule has 0 spiro atoms. The molecule has 0 saturated heterocycles. The summed E-state index contributed by atoms with van der Waals surface area (Å²) in [6, 6.07) is 8.18. The smallest absolute Gasteiger partial charge is 0.144 e. The van der Waals surface area contributed by atoms with Gasteiger partial charge in [0.05, 0.1) is 10.2 Å². The fourth-order valence-electron chi connectivity index (χ4n) is 2.00. The Hall–Kier alpha value is -0.940. The highest BCUT2D eigenvalue weighted by atomic mass is 79.9. The zero-order valence-corrected chi connectivity index (χ0v) is 14.8. The molecule has 106 valence electrons. The second kappa shape index (κ2) is 7.18. The van der Waals surface area contributed by atoms with Crippen LogP contribution in [0.4, 0.5) is 5.82 Å². The molecule has 20 heavy (non-hydrogen) atoms. The number of hydrogen-bond acceptors (Lipinski definition) is 3. The van der Waals surface area contributed by atoms with Crippen molar-refractivity contribution in [2.45, 2.75) is 26.2 Å². The van der Waals surface area contributed by atoms with Gasteiger partial charge in [0, 0.05) is 17.9 Å². The molecule has 1 N–H and O–H groups in total. The molecule has 0 atom stereocenters. The highest BCUT2D eigenvalue weighted by Gasteiger charge is 2.12. The first-order chi connectivity index (χ1) is 9.65. The van der Waals surface area contributed by atoms with Crippen molar-refractivity contribution >= 4 is 37.7 Å². The van der Waals surface area contributed by atoms with E-state index in [1.54, 1.807) is 0 Å². The van der Waals surface area contributed by atoms with Crippen LogP contribution < -0.4 is 5.32 Å². The van der Waals surface area contributed by atoms with Crippen LogP contribution in [0.25, 0.3) is 0 Å². The molecule has 2 rings (SSSR count). The minimum atomic E-state index is 0.722. The molecule has 0 aliphatic carbocycles. The maximum absolute atomic E-state index is 4.69. The van der Waals surface area contributed by atoms with E-state index in [1.165, 1.54) is 5.56 Å². The fraction of sp³-hybridized carbons (Fsp3) is 0.333. The number of aryl methyl sites for hydroxylation is 1. The Morgan fingerprint density at radius 3 is 2.55 bits per heavy atom. The van der Waals surface area contributed by atoms with Gasteiger partial charge in [0.1, 0.15) is 11.6 Å². The van der Waals surface area contributed by atoms with E-state index in [1.807, 2.05) is 25.2 Å². The van der Waals surface area contributed by atoms with Gasteiger partial charge in [-0.15, -0.1) is 0 Å². The number of nitrogens with one attached hydrogen (secondary N) is 1. The Balaban J connectivity index is 2.37. The number of aromatic nitrogens is 2. The standard InChI is InChI=1S/C15H17Br2N3/c1-3-6-12-14(17)15(18-2)20-13(19-12)9-10-7-4-5-8-11(10)16/h4-5,7-8H,3,6,9H2,1-2H3,(H,18,19,20). The molecule has 0 saturated carbocycles. The van der Waals surface area contributed by atoms with Crippen molar-refractivity contribution in [1.29, 1.82) is 0 Å². The molecule has 3 nitrogen and oxygen atoms in total. The average Bonchev–Trinajstić information content (AvgIpc) is 2.45. The monoisotopic (exact) mass is 397 g/mol. The van der Waals surface area contributed by atoms with E-state index in [4.69, 9.17) is 0 Å². The quantitative estimate of drug-likeness (QED) is 0.800. The van der Waals surface area contributed by atoms with Crippen LogP contribution in [0, 0.1) is 0 Å². The molecule has 0 fully saturated rings. The number of nitrogens with zero attached hydrogens (tertiary/aromatic N) is 2. The number of rotatable bonds is 5. The van der Waals surface area contributed by atoms with Gasteiger partial charge in [0.15, 0.2) is 0 Å². The van der Waals surface area contributed by atoms with Crippen LogP contribution in [-0.4, -0.2) is 17.0 Å². The highest BCUT2D eigenvalue weighted by molar-refractivity contribution is 9.11. The second-order valence-corrected chi connectivity index (χ2v) is 6.16. The number of anilines is 1. The third-order valence-corrected chi connectivity index (χ3v) is 4.60. The maximum Gasteiger partial charge on any atom is 0.144 e. The minimum Gasteiger partial charge on any atom is -0.372 e. The van der Waals surface area contributed by atoms with E-state index in [9.17, 15) is 0 Å². The second-order valence-electron chi connectivity index (χ2n) is 4.52. The molecular weight excluding hydrogens is 382 g/mol. The zero-order valence-electron chi connectivity index (χ0n) is 11.6. The Morgan fingerprint density at radius 1 is 1.15 bits per heavy atom. The number of halogens is 2. The third kappa shape index (κ3) is 3.58. The van der Waals surface area contributed by atoms with Crippen molar-refractivity contribution < 1.29 is 0 Å². The molecule has 0 bridgehead atoms. The zero-order chi connectivity index (χ0) is 14.5. The molecule has 0 radical (unpaired) electrons. The average molecular weight is 399 g/mol. The summed E-state index contributed by atoms with van der Waals surface area (Å²) in [7, 11) is 1.88. The van der Waals surface area contributed by atoms with Crippen LogP contribution in [0.3, 0.4) is 0 Å². The van der Waals surface area contributed by atoms with Gasteiger partial charge in [-0.2, -0.15) is 0 Å². The van der Waals surface area contributed by atoms with Crippen LogP contribution in [0.5, 0.6) is 0 Å². The molecule has 0 unspecified atom stereocenters. The number of hydrogen-bond donors (Lipinski definition) is 1. The molecule has 2 aromatic rings. The van der Waals surface area contributed by atoms with Gasteiger partial charge in [0.25, 0.3) is 0 Å². The van der Waals surface area contributed by atoms with Crippen molar-refractivity contribution in [3.8, 4) is 0 Å². The molecule has 0 aliphatic rings. The fourth-order valence-corrected chi connectivity index (χ4v) is 3.00. The Bertz CT molecular complexity index is 600. The summed E-state index contributed by atoms with van der Waals surface area (Å²) in [5, 5.41) is 3.13. The lowest BCUT2D eigenvalue weighted by Crippen LogP contribution is -2.06. The molecule has 5 heteroatoms. The van der Waals surface area contributed by atoms with E-state index >= 15 is 0 Å². The summed E-state index contributed by atoms with van der Waals surface area (Å²) in [4.78, 5) is 9.27. The van der Waals surface area contributed by atoms with Crippen LogP contribution in [0.1, 0.15) is 30.4 Å². The van der Waals surface area contributed by atoms with E-state index in [-0.39, 0.29) is 0 Å². The summed E-state index contributed by atoms with van der Waals surface area (Å²) in [5.74, 6) is 1.69. The van der Waals surface area contributed by atoms with Gasteiger partial charge in [-0.05, 0) is 34.0 Å². The summed E-state index contributed by atoms with van der Waals surface area (Å²) in [5.41, 5.74) is 2.26.